The highest BCUT2D eigenvalue weighted by Crippen LogP contribution is 2.47. The van der Waals surface area contributed by atoms with Crippen molar-refractivity contribution in [2.24, 2.45) is 11.3 Å². The molecule has 0 saturated heterocycles. The lowest BCUT2D eigenvalue weighted by Crippen LogP contribution is -2.38. The largest absolute Gasteiger partial charge is 0.490 e. The van der Waals surface area contributed by atoms with Gasteiger partial charge in [-0.3, -0.25) is 4.79 Å². The van der Waals surface area contributed by atoms with Crippen LogP contribution in [0.3, 0.4) is 0 Å². The van der Waals surface area contributed by atoms with Crippen LogP contribution in [0.1, 0.15) is 83.4 Å². The van der Waals surface area contributed by atoms with Gasteiger partial charge in [-0.2, -0.15) is 0 Å². The molecule has 2 atom stereocenters. The van der Waals surface area contributed by atoms with Gasteiger partial charge in [0, 0.05) is 8.45 Å². The fourth-order valence-corrected chi connectivity index (χ4v) is 7.22. The molecule has 0 radical (unpaired) electrons. The number of carbonyl (C=O) groups is 2. The first-order valence-electron chi connectivity index (χ1n) is 13.2. The van der Waals surface area contributed by atoms with Crippen LogP contribution in [-0.2, 0) is 12.8 Å². The lowest BCUT2D eigenvalue weighted by molar-refractivity contribution is 0.0727. The van der Waals surface area contributed by atoms with Crippen LogP contribution < -0.4 is 20.1 Å². The first kappa shape index (κ1) is 27.0. The molecule has 5 rings (SSSR count). The Bertz CT molecular complexity index is 1380. The standard InChI is InChI=1S/C30H33IN2O4S/c1-5-30(3,4)18-12-13-20-24(16-18)38-28-25(20)27(34)32-26(33-28)17-11-14-22(23(15-17)36-6-2)37-29(35)19-9-7-8-10-21(19)31/h7-11,14-15,18,26,33H,5-6,12-13,16H2,1-4H3,(H,32,34)/t18-,26+/m0/s1. The van der Waals surface area contributed by atoms with Gasteiger partial charge in [0.05, 0.1) is 17.7 Å². The quantitative estimate of drug-likeness (QED) is 0.160. The molecule has 3 aromatic rings. The van der Waals surface area contributed by atoms with Gasteiger partial charge in [0.15, 0.2) is 11.5 Å². The Hall–Kier alpha value is -2.59. The number of nitrogens with one attached hydrogen (secondary N) is 2. The molecule has 2 aliphatic rings. The number of esters is 1. The number of ether oxygens (including phenoxy) is 2. The van der Waals surface area contributed by atoms with Crippen LogP contribution in [0.25, 0.3) is 0 Å². The Morgan fingerprint density at radius 1 is 1.13 bits per heavy atom. The van der Waals surface area contributed by atoms with Crippen molar-refractivity contribution in [3.63, 3.8) is 0 Å². The van der Waals surface area contributed by atoms with Crippen LogP contribution in [0.4, 0.5) is 5.00 Å². The number of thiophene rings is 1. The monoisotopic (exact) mass is 644 g/mol. The van der Waals surface area contributed by atoms with Crippen molar-refractivity contribution in [2.75, 3.05) is 11.9 Å². The van der Waals surface area contributed by atoms with E-state index < -0.39 is 12.1 Å². The maximum Gasteiger partial charge on any atom is 0.344 e. The molecule has 1 aliphatic heterocycles. The zero-order valence-electron chi connectivity index (χ0n) is 22.2. The van der Waals surface area contributed by atoms with E-state index in [0.717, 1.165) is 45.4 Å². The zero-order chi connectivity index (χ0) is 27.0. The summed E-state index contributed by atoms with van der Waals surface area (Å²) in [6.45, 7) is 9.27. The molecule has 6 nitrogen and oxygen atoms in total. The molecule has 2 aromatic carbocycles. The lowest BCUT2D eigenvalue weighted by Gasteiger charge is -2.36. The SMILES string of the molecule is CCOc1cc([C@@H]2NC(=O)c3c(sc4c3CC[C@H](C(C)(C)CC)C4)N2)ccc1OC(=O)c1ccccc1I. The third-order valence-corrected chi connectivity index (χ3v) is 10.1. The van der Waals surface area contributed by atoms with Crippen LogP contribution >= 0.6 is 33.9 Å². The van der Waals surface area contributed by atoms with Gasteiger partial charge in [-0.25, -0.2) is 4.79 Å². The summed E-state index contributed by atoms with van der Waals surface area (Å²) < 4.78 is 12.4. The Kier molecular flexibility index (Phi) is 7.73. The van der Waals surface area contributed by atoms with Gasteiger partial charge in [-0.15, -0.1) is 11.3 Å². The minimum absolute atomic E-state index is 0.0402. The highest BCUT2D eigenvalue weighted by atomic mass is 127. The van der Waals surface area contributed by atoms with Gasteiger partial charge in [-0.05, 0) is 95.5 Å². The molecule has 0 saturated carbocycles. The van der Waals surface area contributed by atoms with E-state index in [1.54, 1.807) is 23.5 Å². The van der Waals surface area contributed by atoms with Gasteiger partial charge in [0.1, 0.15) is 11.2 Å². The molecule has 0 fully saturated rings. The normalized spacial score (nSPS) is 18.6. The van der Waals surface area contributed by atoms with E-state index in [2.05, 4.69) is 54.0 Å². The van der Waals surface area contributed by atoms with E-state index in [0.29, 0.717) is 35.0 Å². The minimum atomic E-state index is -0.439. The summed E-state index contributed by atoms with van der Waals surface area (Å²) in [6.07, 6.45) is 3.84. The van der Waals surface area contributed by atoms with Crippen molar-refractivity contribution < 1.29 is 19.1 Å². The second-order valence-electron chi connectivity index (χ2n) is 10.5. The minimum Gasteiger partial charge on any atom is -0.490 e. The second-order valence-corrected chi connectivity index (χ2v) is 12.8. The van der Waals surface area contributed by atoms with Gasteiger partial charge in [-0.1, -0.05) is 45.4 Å². The number of hydrogen-bond donors (Lipinski definition) is 2. The molecule has 0 unspecified atom stereocenters. The summed E-state index contributed by atoms with van der Waals surface area (Å²) in [5.41, 5.74) is 3.64. The summed E-state index contributed by atoms with van der Waals surface area (Å²) in [5.74, 6) is 0.954. The van der Waals surface area contributed by atoms with Crippen molar-refractivity contribution >= 4 is 50.8 Å². The van der Waals surface area contributed by atoms with Crippen molar-refractivity contribution in [1.82, 2.24) is 5.32 Å². The van der Waals surface area contributed by atoms with Gasteiger partial charge in [0.25, 0.3) is 5.91 Å². The number of rotatable bonds is 7. The van der Waals surface area contributed by atoms with Crippen molar-refractivity contribution in [2.45, 2.75) is 59.5 Å². The number of amides is 1. The van der Waals surface area contributed by atoms with Crippen LogP contribution in [0, 0.1) is 14.9 Å². The fraction of sp³-hybridized carbons (Fsp3) is 0.400. The highest BCUT2D eigenvalue weighted by molar-refractivity contribution is 14.1. The van der Waals surface area contributed by atoms with E-state index in [-0.39, 0.29) is 5.91 Å². The van der Waals surface area contributed by atoms with Crippen LogP contribution in [0.5, 0.6) is 11.5 Å². The number of carbonyl (C=O) groups excluding carboxylic acids is 2. The smallest absolute Gasteiger partial charge is 0.344 e. The zero-order valence-corrected chi connectivity index (χ0v) is 25.1. The van der Waals surface area contributed by atoms with Crippen molar-refractivity contribution in [1.29, 1.82) is 0 Å². The topological polar surface area (TPSA) is 76.7 Å². The maximum absolute atomic E-state index is 13.3. The van der Waals surface area contributed by atoms with E-state index in [1.807, 2.05) is 37.3 Å². The first-order chi connectivity index (χ1) is 18.2. The molecule has 200 valence electrons. The van der Waals surface area contributed by atoms with Crippen molar-refractivity contribution in [3.8, 4) is 11.5 Å². The summed E-state index contributed by atoms with van der Waals surface area (Å²) in [4.78, 5) is 27.4. The molecule has 8 heteroatoms. The molecule has 38 heavy (non-hydrogen) atoms. The average molecular weight is 645 g/mol. The maximum atomic E-state index is 13.3. The number of anilines is 1. The highest BCUT2D eigenvalue weighted by Gasteiger charge is 2.37. The van der Waals surface area contributed by atoms with Gasteiger partial charge >= 0.3 is 5.97 Å². The summed E-state index contributed by atoms with van der Waals surface area (Å²) in [7, 11) is 0. The molecule has 1 aliphatic carbocycles. The molecular weight excluding hydrogens is 611 g/mol. The van der Waals surface area contributed by atoms with Crippen LogP contribution in [-0.4, -0.2) is 18.5 Å². The van der Waals surface area contributed by atoms with E-state index in [1.165, 1.54) is 10.4 Å². The Morgan fingerprint density at radius 2 is 1.92 bits per heavy atom. The third-order valence-electron chi connectivity index (χ3n) is 7.96. The average Bonchev–Trinajstić information content (AvgIpc) is 3.28. The third kappa shape index (κ3) is 5.17. The Morgan fingerprint density at radius 3 is 2.66 bits per heavy atom. The first-order valence-corrected chi connectivity index (χ1v) is 15.1. The molecule has 0 spiro atoms. The molecular formula is C30H33IN2O4S. The predicted octanol–water partition coefficient (Wildman–Crippen LogP) is 7.37. The number of halogens is 1. The molecule has 0 bridgehead atoms. The summed E-state index contributed by atoms with van der Waals surface area (Å²) >= 11 is 3.84. The number of benzene rings is 2. The molecule has 2 heterocycles. The predicted molar refractivity (Wildman–Crippen MR) is 159 cm³/mol. The van der Waals surface area contributed by atoms with Crippen LogP contribution in [0.15, 0.2) is 42.5 Å². The summed E-state index contributed by atoms with van der Waals surface area (Å²) in [6, 6.07) is 12.7. The fourth-order valence-electron chi connectivity index (χ4n) is 5.26. The van der Waals surface area contributed by atoms with E-state index in [4.69, 9.17) is 9.47 Å². The van der Waals surface area contributed by atoms with Crippen molar-refractivity contribution in [3.05, 3.63) is 73.2 Å². The summed E-state index contributed by atoms with van der Waals surface area (Å²) in [5, 5.41) is 7.62. The molecule has 1 amide bonds. The Balaban J connectivity index is 1.38. The number of fused-ring (bicyclic) bond motifs is 3. The van der Waals surface area contributed by atoms with E-state index >= 15 is 0 Å². The molecule has 1 aromatic heterocycles. The van der Waals surface area contributed by atoms with Gasteiger partial charge < -0.3 is 20.1 Å². The van der Waals surface area contributed by atoms with Crippen LogP contribution in [0.2, 0.25) is 0 Å². The molecule has 2 N–H and O–H groups in total. The second kappa shape index (κ2) is 10.9. The lowest BCUT2D eigenvalue weighted by atomic mass is 9.69. The Labute approximate surface area is 241 Å². The van der Waals surface area contributed by atoms with E-state index in [9.17, 15) is 9.59 Å². The number of hydrogen-bond acceptors (Lipinski definition) is 6. The van der Waals surface area contributed by atoms with Gasteiger partial charge in [0.2, 0.25) is 0 Å².